The molecular formula is C23H21N3O5S. The topological polar surface area (TPSA) is 104 Å². The highest BCUT2D eigenvalue weighted by atomic mass is 32.2. The van der Waals surface area contributed by atoms with Gasteiger partial charge in [-0.1, -0.05) is 41.1 Å². The van der Waals surface area contributed by atoms with Gasteiger partial charge in [0.1, 0.15) is 11.5 Å². The van der Waals surface area contributed by atoms with Crippen LogP contribution >= 0.6 is 0 Å². The summed E-state index contributed by atoms with van der Waals surface area (Å²) in [6.45, 7) is 1.99. The number of hydrogen-bond donors (Lipinski definition) is 1. The highest BCUT2D eigenvalue weighted by Crippen LogP contribution is 2.31. The van der Waals surface area contributed by atoms with E-state index >= 15 is 0 Å². The minimum atomic E-state index is -3.93. The quantitative estimate of drug-likeness (QED) is 0.440. The molecule has 0 unspecified atom stereocenters. The van der Waals surface area contributed by atoms with E-state index in [9.17, 15) is 8.42 Å². The summed E-state index contributed by atoms with van der Waals surface area (Å²) in [5.74, 6) is 1.50. The van der Waals surface area contributed by atoms with Crippen molar-refractivity contribution in [2.75, 3.05) is 18.9 Å². The molecule has 0 saturated heterocycles. The fourth-order valence-electron chi connectivity index (χ4n) is 3.05. The van der Waals surface area contributed by atoms with E-state index in [4.69, 9.17) is 14.0 Å². The van der Waals surface area contributed by atoms with Gasteiger partial charge < -0.3 is 14.0 Å². The average Bonchev–Trinajstić information content (AvgIpc) is 3.30. The van der Waals surface area contributed by atoms with Gasteiger partial charge in [0.15, 0.2) is 0 Å². The molecular weight excluding hydrogens is 430 g/mol. The van der Waals surface area contributed by atoms with E-state index < -0.39 is 10.0 Å². The summed E-state index contributed by atoms with van der Waals surface area (Å²) < 4.78 is 44.4. The van der Waals surface area contributed by atoms with E-state index in [2.05, 4.69) is 14.9 Å². The van der Waals surface area contributed by atoms with Crippen molar-refractivity contribution in [1.82, 2.24) is 10.1 Å². The first-order valence-corrected chi connectivity index (χ1v) is 11.1. The molecule has 0 bridgehead atoms. The first-order valence-electron chi connectivity index (χ1n) is 9.65. The monoisotopic (exact) mass is 451 g/mol. The molecule has 0 saturated carbocycles. The van der Waals surface area contributed by atoms with E-state index in [-0.39, 0.29) is 16.5 Å². The minimum Gasteiger partial charge on any atom is -0.497 e. The number of hydrogen-bond acceptors (Lipinski definition) is 7. The smallest absolute Gasteiger partial charge is 0.262 e. The molecule has 0 fully saturated rings. The van der Waals surface area contributed by atoms with E-state index in [1.165, 1.54) is 26.4 Å². The zero-order valence-corrected chi connectivity index (χ0v) is 18.5. The third kappa shape index (κ3) is 4.42. The van der Waals surface area contributed by atoms with Crippen LogP contribution in [0.5, 0.6) is 11.5 Å². The van der Waals surface area contributed by atoms with Crippen molar-refractivity contribution < 1.29 is 22.4 Å². The van der Waals surface area contributed by atoms with Crippen molar-refractivity contribution in [1.29, 1.82) is 0 Å². The molecule has 1 heterocycles. The Hall–Kier alpha value is -3.85. The molecule has 32 heavy (non-hydrogen) atoms. The molecule has 4 aromatic rings. The number of aromatic nitrogens is 2. The Balaban J connectivity index is 1.64. The summed E-state index contributed by atoms with van der Waals surface area (Å²) in [7, 11) is -0.968. The second kappa shape index (κ2) is 8.72. The summed E-state index contributed by atoms with van der Waals surface area (Å²) >= 11 is 0. The minimum absolute atomic E-state index is 0.0370. The van der Waals surface area contributed by atoms with Crippen molar-refractivity contribution in [2.45, 2.75) is 11.8 Å². The van der Waals surface area contributed by atoms with Crippen LogP contribution in [-0.4, -0.2) is 32.8 Å². The maximum absolute atomic E-state index is 13.0. The number of anilines is 1. The molecule has 0 aliphatic heterocycles. The zero-order chi connectivity index (χ0) is 22.7. The van der Waals surface area contributed by atoms with Gasteiger partial charge in [-0.3, -0.25) is 4.72 Å². The number of nitrogens with zero attached hydrogens (tertiary/aromatic N) is 2. The van der Waals surface area contributed by atoms with Gasteiger partial charge in [-0.15, -0.1) is 0 Å². The number of sulfonamides is 1. The first-order chi connectivity index (χ1) is 15.4. The molecule has 0 amide bonds. The maximum atomic E-state index is 13.0. The fraction of sp³-hybridized carbons (Fsp3) is 0.130. The van der Waals surface area contributed by atoms with Crippen LogP contribution in [0.25, 0.3) is 22.8 Å². The van der Waals surface area contributed by atoms with Gasteiger partial charge in [0.2, 0.25) is 5.82 Å². The lowest BCUT2D eigenvalue weighted by Crippen LogP contribution is -2.13. The van der Waals surface area contributed by atoms with E-state index in [1.807, 2.05) is 31.2 Å². The summed E-state index contributed by atoms with van der Waals surface area (Å²) in [4.78, 5) is 4.45. The van der Waals surface area contributed by atoms with Gasteiger partial charge in [-0.25, -0.2) is 8.42 Å². The molecule has 0 atom stereocenters. The number of rotatable bonds is 7. The van der Waals surface area contributed by atoms with Crippen molar-refractivity contribution in [3.63, 3.8) is 0 Å². The highest BCUT2D eigenvalue weighted by molar-refractivity contribution is 7.92. The van der Waals surface area contributed by atoms with Crippen LogP contribution in [0.4, 0.5) is 5.69 Å². The van der Waals surface area contributed by atoms with Crippen LogP contribution in [0.1, 0.15) is 5.56 Å². The van der Waals surface area contributed by atoms with Crippen molar-refractivity contribution >= 4 is 15.7 Å². The molecule has 3 aromatic carbocycles. The Morgan fingerprint density at radius 3 is 2.41 bits per heavy atom. The van der Waals surface area contributed by atoms with Gasteiger partial charge >= 0.3 is 0 Å². The Labute approximate surface area is 185 Å². The van der Waals surface area contributed by atoms with E-state index in [0.717, 1.165) is 11.1 Å². The van der Waals surface area contributed by atoms with Crippen LogP contribution in [0, 0.1) is 6.92 Å². The molecule has 164 valence electrons. The molecule has 4 rings (SSSR count). The van der Waals surface area contributed by atoms with Crippen LogP contribution in [0.2, 0.25) is 0 Å². The second-order valence-corrected chi connectivity index (χ2v) is 8.67. The average molecular weight is 452 g/mol. The Kier molecular flexibility index (Phi) is 5.83. The molecule has 0 radical (unpaired) electrons. The number of aryl methyl sites for hydroxylation is 1. The molecule has 0 aliphatic rings. The van der Waals surface area contributed by atoms with Gasteiger partial charge in [-0.2, -0.15) is 4.98 Å². The van der Waals surface area contributed by atoms with Crippen LogP contribution in [-0.2, 0) is 10.0 Å². The number of methoxy groups -OCH3 is 2. The third-order valence-corrected chi connectivity index (χ3v) is 6.14. The van der Waals surface area contributed by atoms with Crippen LogP contribution in [0.15, 0.2) is 76.1 Å². The highest BCUT2D eigenvalue weighted by Gasteiger charge is 2.19. The maximum Gasteiger partial charge on any atom is 0.262 e. The predicted molar refractivity (Wildman–Crippen MR) is 120 cm³/mol. The SMILES string of the molecule is COc1ccc(OC)c(NS(=O)(=O)c2cccc(-c3nc(-c4ccc(C)cc4)no3)c2)c1. The largest absolute Gasteiger partial charge is 0.497 e. The van der Waals surface area contributed by atoms with Crippen LogP contribution < -0.4 is 14.2 Å². The van der Waals surface area contributed by atoms with Gasteiger partial charge in [0.05, 0.1) is 24.8 Å². The number of benzene rings is 3. The lowest BCUT2D eigenvalue weighted by Gasteiger charge is -2.13. The number of nitrogens with one attached hydrogen (secondary N) is 1. The summed E-state index contributed by atoms with van der Waals surface area (Å²) in [5, 5.41) is 4.01. The van der Waals surface area contributed by atoms with Gasteiger partial charge in [-0.05, 0) is 37.3 Å². The standard InChI is InChI=1S/C23H21N3O5S/c1-15-7-9-16(10-8-15)22-24-23(31-25-22)17-5-4-6-19(13-17)32(27,28)26-20-14-18(29-2)11-12-21(20)30-3/h4-14,26H,1-3H3. The second-order valence-electron chi connectivity index (χ2n) is 6.99. The first kappa shape index (κ1) is 21.4. The summed E-state index contributed by atoms with van der Waals surface area (Å²) in [6, 6.07) is 18.8. The normalized spacial score (nSPS) is 11.2. The van der Waals surface area contributed by atoms with E-state index in [0.29, 0.717) is 22.9 Å². The molecule has 1 aromatic heterocycles. The van der Waals surface area contributed by atoms with Gasteiger partial charge in [0.25, 0.3) is 15.9 Å². The summed E-state index contributed by atoms with van der Waals surface area (Å²) in [5.41, 5.74) is 2.67. The molecule has 8 nitrogen and oxygen atoms in total. The van der Waals surface area contributed by atoms with Crippen molar-refractivity contribution in [2.24, 2.45) is 0 Å². The molecule has 0 aliphatic carbocycles. The summed E-state index contributed by atoms with van der Waals surface area (Å²) in [6.07, 6.45) is 0. The van der Waals surface area contributed by atoms with Crippen LogP contribution in [0.3, 0.4) is 0 Å². The molecule has 9 heteroatoms. The van der Waals surface area contributed by atoms with Crippen molar-refractivity contribution in [3.8, 4) is 34.3 Å². The third-order valence-electron chi connectivity index (χ3n) is 4.78. The molecule has 1 N–H and O–H groups in total. The van der Waals surface area contributed by atoms with E-state index in [1.54, 1.807) is 30.3 Å². The Morgan fingerprint density at radius 1 is 0.906 bits per heavy atom. The Morgan fingerprint density at radius 2 is 1.69 bits per heavy atom. The van der Waals surface area contributed by atoms with Gasteiger partial charge in [0, 0.05) is 17.2 Å². The lowest BCUT2D eigenvalue weighted by molar-refractivity contribution is 0.405. The van der Waals surface area contributed by atoms with Crippen molar-refractivity contribution in [3.05, 3.63) is 72.3 Å². The predicted octanol–water partition coefficient (Wildman–Crippen LogP) is 4.53. The number of ether oxygens (including phenoxy) is 2. The zero-order valence-electron chi connectivity index (χ0n) is 17.7. The molecule has 0 spiro atoms. The fourth-order valence-corrected chi connectivity index (χ4v) is 4.16. The lowest BCUT2D eigenvalue weighted by atomic mass is 10.1. The Bertz CT molecular complexity index is 1350.